The molecular formula is C18H34NNaO6. The molecule has 0 rings (SSSR count). The minimum atomic E-state index is -1.32. The fraction of sp³-hybridized carbons (Fsp3) is 0.833. The minimum Gasteiger partial charge on any atom is -0.550 e. The number of carbonyl (C=O) groups excluding carboxylic acids is 3. The summed E-state index contributed by atoms with van der Waals surface area (Å²) in [4.78, 5) is 32.5. The summed E-state index contributed by atoms with van der Waals surface area (Å²) < 4.78 is 4.50. The first-order chi connectivity index (χ1) is 12.0. The first-order valence-corrected chi connectivity index (χ1v) is 9.22. The standard InChI is InChI=1S/C16H28O5.C2H7NO.Na/c1-2-3-4-5-6-7-8-9-10-11-15(19)21-16(20)13-12-14(17)18;3-1-2-4;/h2-13H2,1H3,(H,17,18);4H,1-3H2;/q;;+1/p-1. The van der Waals surface area contributed by atoms with E-state index in [-0.39, 0.29) is 49.0 Å². The number of carboxylic acid groups (broad SMARTS) is 1. The maximum absolute atomic E-state index is 11.3. The van der Waals surface area contributed by atoms with E-state index in [4.69, 9.17) is 10.8 Å². The van der Waals surface area contributed by atoms with E-state index in [0.717, 1.165) is 12.8 Å². The zero-order valence-electron chi connectivity index (χ0n) is 16.5. The van der Waals surface area contributed by atoms with Crippen LogP contribution in [0.3, 0.4) is 0 Å². The molecule has 0 bridgehead atoms. The number of hydrogen-bond donors (Lipinski definition) is 2. The molecule has 0 unspecified atom stereocenters. The number of esters is 2. The van der Waals surface area contributed by atoms with Crippen LogP contribution in [0.25, 0.3) is 0 Å². The van der Waals surface area contributed by atoms with Crippen LogP contribution >= 0.6 is 0 Å². The van der Waals surface area contributed by atoms with Gasteiger partial charge in [-0.3, -0.25) is 9.59 Å². The second-order valence-electron chi connectivity index (χ2n) is 5.81. The molecule has 0 aromatic rings. The third-order valence-electron chi connectivity index (χ3n) is 3.37. The summed E-state index contributed by atoms with van der Waals surface area (Å²) in [7, 11) is 0. The summed E-state index contributed by atoms with van der Waals surface area (Å²) in [6, 6.07) is 0. The van der Waals surface area contributed by atoms with Crippen LogP contribution in [0.1, 0.15) is 84.0 Å². The average molecular weight is 383 g/mol. The van der Waals surface area contributed by atoms with Gasteiger partial charge in [0, 0.05) is 18.9 Å². The SMILES string of the molecule is CCCCCCCCCCCC(=O)OC(=O)CCC(=O)[O-].NCCO.[Na+]. The number of aliphatic hydroxyl groups is 1. The Labute approximate surface area is 179 Å². The number of nitrogens with two attached hydrogens (primary N) is 1. The van der Waals surface area contributed by atoms with Gasteiger partial charge in [0.15, 0.2) is 0 Å². The van der Waals surface area contributed by atoms with Crippen molar-refractivity contribution in [2.45, 2.75) is 84.0 Å². The molecule has 0 fully saturated rings. The summed E-state index contributed by atoms with van der Waals surface area (Å²) in [6.07, 6.45) is 9.81. The van der Waals surface area contributed by atoms with E-state index in [1.807, 2.05) is 0 Å². The van der Waals surface area contributed by atoms with Crippen LogP contribution in [0, 0.1) is 0 Å². The predicted octanol–water partition coefficient (Wildman–Crippen LogP) is -1.55. The monoisotopic (exact) mass is 383 g/mol. The molecule has 26 heavy (non-hydrogen) atoms. The quantitative estimate of drug-likeness (QED) is 0.161. The molecular weight excluding hydrogens is 349 g/mol. The van der Waals surface area contributed by atoms with E-state index in [1.165, 1.54) is 38.5 Å². The van der Waals surface area contributed by atoms with Crippen molar-refractivity contribution >= 4 is 17.9 Å². The maximum Gasteiger partial charge on any atom is 1.00 e. The van der Waals surface area contributed by atoms with Gasteiger partial charge in [-0.2, -0.15) is 0 Å². The van der Waals surface area contributed by atoms with Crippen molar-refractivity contribution in [2.24, 2.45) is 5.73 Å². The maximum atomic E-state index is 11.3. The number of aliphatic carboxylic acids is 1. The molecule has 0 aliphatic carbocycles. The Morgan fingerprint density at radius 3 is 1.69 bits per heavy atom. The minimum absolute atomic E-state index is 0. The van der Waals surface area contributed by atoms with Crippen molar-refractivity contribution in [3.05, 3.63) is 0 Å². The molecule has 7 nitrogen and oxygen atoms in total. The van der Waals surface area contributed by atoms with Crippen LogP contribution in [0.4, 0.5) is 0 Å². The molecule has 0 saturated heterocycles. The molecule has 3 N–H and O–H groups in total. The Bertz CT molecular complexity index is 351. The number of carboxylic acids is 1. The van der Waals surface area contributed by atoms with Gasteiger partial charge in [-0.25, -0.2) is 0 Å². The largest absolute Gasteiger partial charge is 1.00 e. The molecule has 0 aliphatic rings. The Morgan fingerprint density at radius 1 is 0.846 bits per heavy atom. The van der Waals surface area contributed by atoms with Gasteiger partial charge >= 0.3 is 41.5 Å². The molecule has 0 aromatic carbocycles. The molecule has 0 heterocycles. The Balaban J connectivity index is -0.000000951. The van der Waals surface area contributed by atoms with Gasteiger partial charge in [0.1, 0.15) is 0 Å². The van der Waals surface area contributed by atoms with Gasteiger partial charge in [0.25, 0.3) is 0 Å². The van der Waals surface area contributed by atoms with Crippen LogP contribution in [0.15, 0.2) is 0 Å². The fourth-order valence-corrected chi connectivity index (χ4v) is 2.01. The van der Waals surface area contributed by atoms with E-state index in [2.05, 4.69) is 11.7 Å². The van der Waals surface area contributed by atoms with Crippen LogP contribution in [0.5, 0.6) is 0 Å². The molecule has 148 valence electrons. The Morgan fingerprint density at radius 2 is 1.27 bits per heavy atom. The van der Waals surface area contributed by atoms with Gasteiger partial charge in [-0.15, -0.1) is 0 Å². The molecule has 0 spiro atoms. The molecule has 0 atom stereocenters. The van der Waals surface area contributed by atoms with Crippen LogP contribution in [-0.2, 0) is 19.1 Å². The van der Waals surface area contributed by atoms with Gasteiger partial charge in [0.2, 0.25) is 0 Å². The van der Waals surface area contributed by atoms with Crippen LogP contribution in [-0.4, -0.2) is 36.2 Å². The van der Waals surface area contributed by atoms with Crippen molar-refractivity contribution in [2.75, 3.05) is 13.2 Å². The average Bonchev–Trinajstić information content (AvgIpc) is 2.58. The van der Waals surface area contributed by atoms with Gasteiger partial charge in [-0.1, -0.05) is 58.3 Å². The zero-order chi connectivity index (χ0) is 19.3. The number of rotatable bonds is 14. The van der Waals surface area contributed by atoms with Gasteiger partial charge < -0.3 is 25.5 Å². The van der Waals surface area contributed by atoms with Crippen LogP contribution < -0.4 is 40.4 Å². The third kappa shape index (κ3) is 28.3. The normalized spacial score (nSPS) is 9.50. The predicted molar refractivity (Wildman–Crippen MR) is 93.3 cm³/mol. The summed E-state index contributed by atoms with van der Waals surface area (Å²) in [5.41, 5.74) is 4.78. The third-order valence-corrected chi connectivity index (χ3v) is 3.37. The van der Waals surface area contributed by atoms with Crippen molar-refractivity contribution in [3.8, 4) is 0 Å². The first-order valence-electron chi connectivity index (χ1n) is 9.22. The zero-order valence-corrected chi connectivity index (χ0v) is 18.5. The molecule has 8 heteroatoms. The Kier molecular flexibility index (Phi) is 28.6. The second-order valence-corrected chi connectivity index (χ2v) is 5.81. The summed E-state index contributed by atoms with van der Waals surface area (Å²) in [6.45, 7) is 2.67. The number of ether oxygens (including phenoxy) is 1. The number of unbranched alkanes of at least 4 members (excludes halogenated alkanes) is 8. The molecule has 0 aromatic heterocycles. The van der Waals surface area contributed by atoms with Crippen molar-refractivity contribution in [1.82, 2.24) is 0 Å². The number of hydrogen-bond acceptors (Lipinski definition) is 7. The van der Waals surface area contributed by atoms with E-state index in [0.29, 0.717) is 13.0 Å². The fourth-order valence-electron chi connectivity index (χ4n) is 2.01. The molecule has 0 aliphatic heterocycles. The van der Waals surface area contributed by atoms with E-state index in [9.17, 15) is 19.5 Å². The Hall–Kier alpha value is -0.470. The van der Waals surface area contributed by atoms with E-state index in [1.54, 1.807) is 0 Å². The van der Waals surface area contributed by atoms with Crippen molar-refractivity contribution in [3.63, 3.8) is 0 Å². The number of aliphatic hydroxyl groups excluding tert-OH is 1. The molecule has 0 amide bonds. The summed E-state index contributed by atoms with van der Waals surface area (Å²) in [5.74, 6) is -2.68. The summed E-state index contributed by atoms with van der Waals surface area (Å²) >= 11 is 0. The summed E-state index contributed by atoms with van der Waals surface area (Å²) in [5, 5.41) is 17.9. The van der Waals surface area contributed by atoms with Crippen molar-refractivity contribution in [1.29, 1.82) is 0 Å². The van der Waals surface area contributed by atoms with Crippen molar-refractivity contribution < 1.29 is 58.9 Å². The molecule has 0 radical (unpaired) electrons. The van der Waals surface area contributed by atoms with Gasteiger partial charge in [0.05, 0.1) is 13.0 Å². The smallest absolute Gasteiger partial charge is 0.550 e. The second kappa shape index (κ2) is 24.5. The topological polar surface area (TPSA) is 130 Å². The van der Waals surface area contributed by atoms with E-state index >= 15 is 0 Å². The number of carbonyl (C=O) groups is 3. The van der Waals surface area contributed by atoms with E-state index < -0.39 is 24.3 Å². The van der Waals surface area contributed by atoms with Gasteiger partial charge in [-0.05, 0) is 12.8 Å². The molecule has 0 saturated carbocycles. The first kappa shape index (κ1) is 30.3. The van der Waals surface area contributed by atoms with Crippen LogP contribution in [0.2, 0.25) is 0 Å².